The zero-order valence-corrected chi connectivity index (χ0v) is 10.7. The number of hydroxylamine groups is 2. The van der Waals surface area contributed by atoms with Crippen LogP contribution in [0, 0.1) is 0 Å². The van der Waals surface area contributed by atoms with E-state index in [4.69, 9.17) is 0 Å². The van der Waals surface area contributed by atoms with E-state index in [9.17, 15) is 19.2 Å². The molecule has 0 aromatic rings. The molecule has 7 heteroatoms. The van der Waals surface area contributed by atoms with Gasteiger partial charge in [0, 0.05) is 31.4 Å². The molecule has 0 unspecified atom stereocenters. The Morgan fingerprint density at radius 3 is 2.42 bits per heavy atom. The van der Waals surface area contributed by atoms with Crippen LogP contribution in [0.5, 0.6) is 0 Å². The fourth-order valence-corrected chi connectivity index (χ4v) is 1.39. The lowest BCUT2D eigenvalue weighted by Gasteiger charge is -2.12. The Balaban J connectivity index is 2.21. The molecule has 1 saturated heterocycles. The van der Waals surface area contributed by atoms with Crippen LogP contribution in [-0.4, -0.2) is 35.3 Å². The molecule has 7 nitrogen and oxygen atoms in total. The van der Waals surface area contributed by atoms with Crippen LogP contribution in [0.4, 0.5) is 0 Å². The Morgan fingerprint density at radius 1 is 1.32 bits per heavy atom. The van der Waals surface area contributed by atoms with Crippen molar-refractivity contribution in [1.82, 2.24) is 10.4 Å². The van der Waals surface area contributed by atoms with E-state index in [1.165, 1.54) is 0 Å². The van der Waals surface area contributed by atoms with Crippen LogP contribution in [0.25, 0.3) is 0 Å². The van der Waals surface area contributed by atoms with E-state index < -0.39 is 17.8 Å². The van der Waals surface area contributed by atoms with Gasteiger partial charge in [-0.15, -0.1) is 5.06 Å². The number of nitrogens with zero attached hydrogens (tertiary/aromatic N) is 1. The third kappa shape index (κ3) is 4.53. The summed E-state index contributed by atoms with van der Waals surface area (Å²) in [6.45, 7) is 5.34. The van der Waals surface area contributed by atoms with Crippen molar-refractivity contribution in [3.8, 4) is 0 Å². The van der Waals surface area contributed by atoms with E-state index in [2.05, 4.69) is 16.7 Å². The van der Waals surface area contributed by atoms with Crippen molar-refractivity contribution in [3.63, 3.8) is 0 Å². The van der Waals surface area contributed by atoms with Gasteiger partial charge >= 0.3 is 5.97 Å². The van der Waals surface area contributed by atoms with Crippen molar-refractivity contribution in [1.29, 1.82) is 0 Å². The average Bonchev–Trinajstić information content (AvgIpc) is 2.66. The number of nitrogens with one attached hydrogen (secondary N) is 1. The summed E-state index contributed by atoms with van der Waals surface area (Å²) in [5.74, 6) is -1.96. The van der Waals surface area contributed by atoms with Crippen molar-refractivity contribution in [2.24, 2.45) is 0 Å². The van der Waals surface area contributed by atoms with Gasteiger partial charge in [0.15, 0.2) is 0 Å². The second-order valence-corrected chi connectivity index (χ2v) is 4.18. The van der Waals surface area contributed by atoms with E-state index in [1.54, 1.807) is 6.92 Å². The summed E-state index contributed by atoms with van der Waals surface area (Å²) in [6, 6.07) is 0. The van der Waals surface area contributed by atoms with Crippen LogP contribution >= 0.6 is 0 Å². The predicted molar refractivity (Wildman–Crippen MR) is 64.2 cm³/mol. The maximum atomic E-state index is 11.4. The minimum Gasteiger partial charge on any atom is -0.352 e. The van der Waals surface area contributed by atoms with Crippen molar-refractivity contribution in [2.45, 2.75) is 32.6 Å². The van der Waals surface area contributed by atoms with Gasteiger partial charge in [0.2, 0.25) is 5.91 Å². The quantitative estimate of drug-likeness (QED) is 0.418. The topological polar surface area (TPSA) is 92.8 Å². The highest BCUT2D eigenvalue weighted by Crippen LogP contribution is 2.12. The molecule has 0 aromatic heterocycles. The molecule has 0 atom stereocenters. The van der Waals surface area contributed by atoms with Crippen LogP contribution in [0.1, 0.15) is 32.6 Å². The normalized spacial score (nSPS) is 14.5. The van der Waals surface area contributed by atoms with E-state index >= 15 is 0 Å². The number of imide groups is 1. The summed E-state index contributed by atoms with van der Waals surface area (Å²) in [6.07, 6.45) is 0.503. The van der Waals surface area contributed by atoms with Crippen molar-refractivity contribution in [3.05, 3.63) is 12.2 Å². The molecule has 0 spiro atoms. The molecule has 0 aliphatic carbocycles. The fourth-order valence-electron chi connectivity index (χ4n) is 1.39. The number of carbonyl (C=O) groups is 4. The third-order valence-corrected chi connectivity index (χ3v) is 2.43. The molecule has 19 heavy (non-hydrogen) atoms. The predicted octanol–water partition coefficient (Wildman–Crippen LogP) is 0.0661. The highest BCUT2D eigenvalue weighted by atomic mass is 16.7. The number of hydrogen-bond donors (Lipinski definition) is 1. The fraction of sp³-hybridized carbons (Fsp3) is 0.500. The lowest BCUT2D eigenvalue weighted by atomic mass is 10.3. The van der Waals surface area contributed by atoms with Gasteiger partial charge in [-0.3, -0.25) is 14.4 Å². The summed E-state index contributed by atoms with van der Waals surface area (Å²) >= 11 is 0. The minimum absolute atomic E-state index is 0.00747. The average molecular weight is 268 g/mol. The zero-order valence-electron chi connectivity index (χ0n) is 10.7. The maximum Gasteiger partial charge on any atom is 0.333 e. The lowest BCUT2D eigenvalue weighted by molar-refractivity contribution is -0.197. The Labute approximate surface area is 110 Å². The molecule has 1 rings (SSSR count). The van der Waals surface area contributed by atoms with Gasteiger partial charge in [-0.25, -0.2) is 4.79 Å². The molecule has 1 fully saturated rings. The minimum atomic E-state index is -0.673. The molecule has 1 N–H and O–H groups in total. The van der Waals surface area contributed by atoms with Gasteiger partial charge in [0.1, 0.15) is 0 Å². The molecule has 104 valence electrons. The van der Waals surface area contributed by atoms with Crippen molar-refractivity contribution < 1.29 is 24.0 Å². The smallest absolute Gasteiger partial charge is 0.333 e. The number of rotatable bonds is 6. The third-order valence-electron chi connectivity index (χ3n) is 2.43. The first kappa shape index (κ1) is 14.9. The molecular weight excluding hydrogens is 252 g/mol. The first-order valence-corrected chi connectivity index (χ1v) is 5.92. The van der Waals surface area contributed by atoms with Gasteiger partial charge in [0.05, 0.1) is 0 Å². The molecule has 3 amide bonds. The van der Waals surface area contributed by atoms with E-state index in [0.29, 0.717) is 23.6 Å². The molecule has 0 saturated carbocycles. The van der Waals surface area contributed by atoms with Gasteiger partial charge in [-0.05, 0) is 13.3 Å². The van der Waals surface area contributed by atoms with Crippen LogP contribution in [0.3, 0.4) is 0 Å². The molecular formula is C12H16N2O5. The number of carbonyl (C=O) groups excluding carboxylic acids is 4. The standard InChI is InChI=1S/C12H16N2O5/c1-8(2)12(18)13-7-3-4-11(17)19-14-9(15)5-6-10(14)16/h1,3-7H2,2H3,(H,13,18). The Bertz CT molecular complexity index is 414. The Morgan fingerprint density at radius 2 is 1.89 bits per heavy atom. The Hall–Kier alpha value is -2.18. The molecule has 0 radical (unpaired) electrons. The Kier molecular flexibility index (Phi) is 5.23. The molecule has 1 heterocycles. The SMILES string of the molecule is C=C(C)C(=O)NCCCC(=O)ON1C(=O)CCC1=O. The van der Waals surface area contributed by atoms with Crippen molar-refractivity contribution >= 4 is 23.7 Å². The monoisotopic (exact) mass is 268 g/mol. The van der Waals surface area contributed by atoms with E-state index in [1.807, 2.05) is 0 Å². The number of hydrogen-bond acceptors (Lipinski definition) is 5. The summed E-state index contributed by atoms with van der Waals surface area (Å²) < 4.78 is 0. The summed E-state index contributed by atoms with van der Waals surface area (Å²) in [4.78, 5) is 49.5. The van der Waals surface area contributed by atoms with Gasteiger partial charge < -0.3 is 10.2 Å². The van der Waals surface area contributed by atoms with Gasteiger partial charge in [-0.2, -0.15) is 0 Å². The molecule has 1 aliphatic rings. The first-order valence-electron chi connectivity index (χ1n) is 5.92. The lowest BCUT2D eigenvalue weighted by Crippen LogP contribution is -2.32. The summed E-state index contributed by atoms with van der Waals surface area (Å²) in [7, 11) is 0. The largest absolute Gasteiger partial charge is 0.352 e. The van der Waals surface area contributed by atoms with Crippen molar-refractivity contribution in [2.75, 3.05) is 6.54 Å². The number of amides is 3. The molecule has 0 bridgehead atoms. The summed E-state index contributed by atoms with van der Waals surface area (Å²) in [5, 5.41) is 3.06. The second-order valence-electron chi connectivity index (χ2n) is 4.18. The van der Waals surface area contributed by atoms with Crippen LogP contribution in [0.15, 0.2) is 12.2 Å². The van der Waals surface area contributed by atoms with Gasteiger partial charge in [-0.1, -0.05) is 6.58 Å². The van der Waals surface area contributed by atoms with Crippen LogP contribution in [-0.2, 0) is 24.0 Å². The summed E-state index contributed by atoms with van der Waals surface area (Å²) in [5.41, 5.74) is 0.385. The maximum absolute atomic E-state index is 11.4. The van der Waals surface area contributed by atoms with E-state index in [0.717, 1.165) is 0 Å². The first-order chi connectivity index (χ1) is 8.91. The molecule has 0 aromatic carbocycles. The van der Waals surface area contributed by atoms with E-state index in [-0.39, 0.29) is 25.2 Å². The van der Waals surface area contributed by atoms with Gasteiger partial charge in [0.25, 0.3) is 11.8 Å². The highest BCUT2D eigenvalue weighted by Gasteiger charge is 2.32. The second kappa shape index (κ2) is 6.67. The highest BCUT2D eigenvalue weighted by molar-refractivity contribution is 6.01. The zero-order chi connectivity index (χ0) is 14.4. The van der Waals surface area contributed by atoms with Crippen LogP contribution < -0.4 is 5.32 Å². The molecule has 1 aliphatic heterocycles. The van der Waals surface area contributed by atoms with Crippen LogP contribution in [0.2, 0.25) is 0 Å².